The lowest BCUT2D eigenvalue weighted by molar-refractivity contribution is 0.369. The molecule has 0 amide bonds. The van der Waals surface area contributed by atoms with Crippen molar-refractivity contribution >= 4 is 22.8 Å². The fourth-order valence-electron chi connectivity index (χ4n) is 7.60. The molecule has 3 aliphatic rings. The van der Waals surface area contributed by atoms with Crippen LogP contribution in [-0.4, -0.2) is 17.6 Å². The lowest BCUT2D eigenvalue weighted by atomic mass is 9.90. The Hall–Kier alpha value is -0.346. The quantitative estimate of drug-likeness (QED) is 0.324. The van der Waals surface area contributed by atoms with Gasteiger partial charge in [-0.1, -0.05) is 144 Å². The van der Waals surface area contributed by atoms with Gasteiger partial charge in [-0.2, -0.15) is 0 Å². The van der Waals surface area contributed by atoms with E-state index in [1.165, 1.54) is 35.9 Å². The lowest BCUT2D eigenvalue weighted by Crippen LogP contribution is -2.36. The molecule has 1 aromatic carbocycles. The summed E-state index contributed by atoms with van der Waals surface area (Å²) in [5.74, 6) is 1.06. The zero-order valence-electron chi connectivity index (χ0n) is 19.2. The van der Waals surface area contributed by atoms with E-state index in [2.05, 4.69) is 36.9 Å². The first-order chi connectivity index (χ1) is 14.3. The molecule has 0 N–H and O–H groups in total. The molecule has 0 radical (unpaired) electrons. The number of rotatable bonds is 6. The molecule has 4 rings (SSSR count). The number of hydrogen-bond donors (Lipinski definition) is 0. The molecule has 0 spiro atoms. The first-order valence-electron chi connectivity index (χ1n) is 13.4. The van der Waals surface area contributed by atoms with E-state index in [0.717, 1.165) is 5.92 Å². The first-order valence-corrected chi connectivity index (χ1v) is 17.9. The number of benzene rings is 1. The van der Waals surface area contributed by atoms with Crippen molar-refractivity contribution in [2.45, 2.75) is 126 Å². The Labute approximate surface area is 184 Å². The molecule has 162 valence electrons. The van der Waals surface area contributed by atoms with Gasteiger partial charge in [-0.25, -0.2) is 0 Å². The van der Waals surface area contributed by atoms with E-state index in [4.69, 9.17) is 0 Å². The summed E-state index contributed by atoms with van der Waals surface area (Å²) in [5, 5.41) is 1.70. The molecular formula is C27H46Si2. The SMILES string of the molecule is C[Si@H](CC1CCC([SiH](C2CCCCCC2)C2CCCCC2)CC1)c1ccccc1. The summed E-state index contributed by atoms with van der Waals surface area (Å²) in [6, 6.07) is 13.1. The van der Waals surface area contributed by atoms with Crippen molar-refractivity contribution in [1.82, 2.24) is 0 Å². The van der Waals surface area contributed by atoms with Gasteiger partial charge in [0.25, 0.3) is 0 Å². The van der Waals surface area contributed by atoms with Gasteiger partial charge < -0.3 is 0 Å². The van der Waals surface area contributed by atoms with Gasteiger partial charge in [0.2, 0.25) is 0 Å². The largest absolute Gasteiger partial charge is 0.0680 e. The van der Waals surface area contributed by atoms with E-state index >= 15 is 0 Å². The Balaban J connectivity index is 1.35. The highest BCUT2D eigenvalue weighted by molar-refractivity contribution is 6.72. The molecule has 3 saturated carbocycles. The Kier molecular flexibility index (Phi) is 8.54. The van der Waals surface area contributed by atoms with Crippen molar-refractivity contribution in [2.24, 2.45) is 5.92 Å². The van der Waals surface area contributed by atoms with E-state index in [1.54, 1.807) is 88.3 Å². The van der Waals surface area contributed by atoms with Crippen LogP contribution in [0.15, 0.2) is 30.3 Å². The van der Waals surface area contributed by atoms with Crippen LogP contribution in [0.4, 0.5) is 0 Å². The molecule has 0 aliphatic heterocycles. The van der Waals surface area contributed by atoms with Crippen LogP contribution in [0.5, 0.6) is 0 Å². The topological polar surface area (TPSA) is 0 Å². The summed E-state index contributed by atoms with van der Waals surface area (Å²) in [6.07, 6.45) is 23.8. The summed E-state index contributed by atoms with van der Waals surface area (Å²) in [5.41, 5.74) is 3.66. The zero-order chi connectivity index (χ0) is 19.9. The fourth-order valence-corrected chi connectivity index (χ4v) is 16.2. The predicted octanol–water partition coefficient (Wildman–Crippen LogP) is 7.60. The highest BCUT2D eigenvalue weighted by atomic mass is 28.3. The van der Waals surface area contributed by atoms with Crippen molar-refractivity contribution in [3.63, 3.8) is 0 Å². The van der Waals surface area contributed by atoms with Gasteiger partial charge in [0.05, 0.1) is 8.80 Å². The minimum atomic E-state index is -0.729. The van der Waals surface area contributed by atoms with Crippen LogP contribution in [0.25, 0.3) is 0 Å². The highest BCUT2D eigenvalue weighted by Crippen LogP contribution is 2.50. The Morgan fingerprint density at radius 2 is 1.10 bits per heavy atom. The van der Waals surface area contributed by atoms with Gasteiger partial charge >= 0.3 is 0 Å². The minimum absolute atomic E-state index is 0.618. The highest BCUT2D eigenvalue weighted by Gasteiger charge is 2.39. The third-order valence-electron chi connectivity index (χ3n) is 9.13. The Bertz CT molecular complexity index is 563. The molecular weight excluding hydrogens is 380 g/mol. The maximum Gasteiger partial charge on any atom is 0.0680 e. The predicted molar refractivity (Wildman–Crippen MR) is 135 cm³/mol. The third-order valence-corrected chi connectivity index (χ3v) is 17.3. The monoisotopic (exact) mass is 426 g/mol. The molecule has 3 aliphatic carbocycles. The molecule has 0 nitrogen and oxygen atoms in total. The van der Waals surface area contributed by atoms with Gasteiger partial charge in [0.1, 0.15) is 0 Å². The Morgan fingerprint density at radius 3 is 1.66 bits per heavy atom. The average molecular weight is 427 g/mol. The van der Waals surface area contributed by atoms with Gasteiger partial charge in [0.15, 0.2) is 0 Å². The van der Waals surface area contributed by atoms with Crippen LogP contribution in [0.2, 0.25) is 29.2 Å². The van der Waals surface area contributed by atoms with E-state index in [0.29, 0.717) is 0 Å². The maximum atomic E-state index is 2.60. The second-order valence-corrected chi connectivity index (χ2v) is 18.0. The van der Waals surface area contributed by atoms with Crippen LogP contribution in [0.1, 0.15) is 96.3 Å². The van der Waals surface area contributed by atoms with Crippen LogP contribution < -0.4 is 5.19 Å². The molecule has 29 heavy (non-hydrogen) atoms. The second-order valence-electron chi connectivity index (χ2n) is 11.1. The van der Waals surface area contributed by atoms with Gasteiger partial charge in [0, 0.05) is 8.80 Å². The van der Waals surface area contributed by atoms with Crippen molar-refractivity contribution < 1.29 is 0 Å². The number of hydrogen-bond acceptors (Lipinski definition) is 0. The average Bonchev–Trinajstić information content (AvgIpc) is 3.06. The van der Waals surface area contributed by atoms with Gasteiger partial charge in [-0.15, -0.1) is 0 Å². The van der Waals surface area contributed by atoms with Crippen molar-refractivity contribution in [3.05, 3.63) is 30.3 Å². The second kappa shape index (κ2) is 11.3. The molecule has 1 aromatic rings. The first kappa shape index (κ1) is 21.9. The fraction of sp³-hybridized carbons (Fsp3) is 0.778. The van der Waals surface area contributed by atoms with Gasteiger partial charge in [-0.3, -0.25) is 0 Å². The molecule has 0 heterocycles. The summed E-state index contributed by atoms with van der Waals surface area (Å²) in [6.45, 7) is 2.60. The minimum Gasteiger partial charge on any atom is -0.0680 e. The van der Waals surface area contributed by atoms with Crippen LogP contribution in [0, 0.1) is 5.92 Å². The molecule has 2 heteroatoms. The van der Waals surface area contributed by atoms with E-state index in [1.807, 2.05) is 0 Å². The van der Waals surface area contributed by atoms with Crippen molar-refractivity contribution in [2.75, 3.05) is 0 Å². The molecule has 0 aromatic heterocycles. The van der Waals surface area contributed by atoms with Gasteiger partial charge in [-0.05, 0) is 22.5 Å². The molecule has 1 unspecified atom stereocenters. The standard InChI is InChI=1S/C27H46Si2/c1-28(24-12-8-4-9-13-24)22-23-18-20-27(21-19-23)29(26-16-10-5-11-17-26)25-14-6-2-3-7-15-25/h4,8-9,12-13,23,25-29H,2-3,5-7,10-11,14-22H2,1H3/t23?,27?,28-,29?/m1/s1. The van der Waals surface area contributed by atoms with Crippen molar-refractivity contribution in [3.8, 4) is 0 Å². The molecule has 0 bridgehead atoms. The summed E-state index contributed by atoms with van der Waals surface area (Å²) in [4.78, 5) is 0. The van der Waals surface area contributed by atoms with E-state index < -0.39 is 17.6 Å². The summed E-state index contributed by atoms with van der Waals surface area (Å²) in [7, 11) is -1.35. The van der Waals surface area contributed by atoms with Crippen LogP contribution in [0.3, 0.4) is 0 Å². The van der Waals surface area contributed by atoms with Crippen molar-refractivity contribution in [1.29, 1.82) is 0 Å². The smallest absolute Gasteiger partial charge is 0.0680 e. The van der Waals surface area contributed by atoms with E-state index in [-0.39, 0.29) is 0 Å². The Morgan fingerprint density at radius 1 is 0.621 bits per heavy atom. The molecule has 3 fully saturated rings. The normalized spacial score (nSPS) is 29.8. The lowest BCUT2D eigenvalue weighted by Gasteiger charge is -2.43. The van der Waals surface area contributed by atoms with Crippen LogP contribution >= 0.6 is 0 Å². The maximum absolute atomic E-state index is 2.60. The van der Waals surface area contributed by atoms with Crippen LogP contribution in [-0.2, 0) is 0 Å². The summed E-state index contributed by atoms with van der Waals surface area (Å²) >= 11 is 0. The zero-order valence-corrected chi connectivity index (χ0v) is 21.5. The summed E-state index contributed by atoms with van der Waals surface area (Å²) < 4.78 is 0. The third kappa shape index (κ3) is 6.09. The molecule has 2 atom stereocenters. The van der Waals surface area contributed by atoms with E-state index in [9.17, 15) is 0 Å². The molecule has 0 saturated heterocycles.